The van der Waals surface area contributed by atoms with Crippen molar-refractivity contribution >= 4 is 23.2 Å². The molecule has 0 fully saturated rings. The Kier molecular flexibility index (Phi) is 5.56. The highest BCUT2D eigenvalue weighted by Gasteiger charge is 2.24. The third-order valence-electron chi connectivity index (χ3n) is 4.22. The van der Waals surface area contributed by atoms with Crippen LogP contribution in [0.5, 0.6) is 5.75 Å². The number of carbonyl (C=O) groups excluding carboxylic acids is 2. The van der Waals surface area contributed by atoms with E-state index < -0.39 is 0 Å². The zero-order chi connectivity index (χ0) is 18.5. The molecule has 0 aromatic heterocycles. The van der Waals surface area contributed by atoms with E-state index in [1.807, 2.05) is 53.4 Å². The molecule has 5 nitrogen and oxygen atoms in total. The van der Waals surface area contributed by atoms with E-state index in [9.17, 15) is 9.59 Å². The molecule has 136 valence electrons. The van der Waals surface area contributed by atoms with Crippen LogP contribution in [0.2, 0.25) is 0 Å². The van der Waals surface area contributed by atoms with Crippen molar-refractivity contribution in [3.8, 4) is 5.75 Å². The van der Waals surface area contributed by atoms with Gasteiger partial charge in [-0.3, -0.25) is 9.59 Å². The highest BCUT2D eigenvalue weighted by molar-refractivity contribution is 5.97. The van der Waals surface area contributed by atoms with Crippen molar-refractivity contribution in [2.75, 3.05) is 23.4 Å². The minimum absolute atomic E-state index is 0.0426. The van der Waals surface area contributed by atoms with Gasteiger partial charge in [-0.05, 0) is 48.2 Å². The number of hydrogen-bond donors (Lipinski definition) is 1. The predicted octanol–water partition coefficient (Wildman–Crippen LogP) is 3.64. The summed E-state index contributed by atoms with van der Waals surface area (Å²) in [5.41, 5.74) is 2.77. The van der Waals surface area contributed by atoms with Crippen LogP contribution in [-0.4, -0.2) is 25.0 Å². The summed E-state index contributed by atoms with van der Waals surface area (Å²) in [5.74, 6) is 1.02. The number of nitrogens with one attached hydrogen (secondary N) is 1. The van der Waals surface area contributed by atoms with Gasteiger partial charge in [-0.15, -0.1) is 0 Å². The molecule has 0 unspecified atom stereocenters. The van der Waals surface area contributed by atoms with Gasteiger partial charge < -0.3 is 15.0 Å². The Bertz CT molecular complexity index is 787. The van der Waals surface area contributed by atoms with E-state index in [2.05, 4.69) is 19.2 Å². The molecule has 2 aromatic carbocycles. The number of amides is 2. The predicted molar refractivity (Wildman–Crippen MR) is 103 cm³/mol. The molecule has 0 saturated carbocycles. The number of nitrogens with zero attached hydrogens (tertiary/aromatic N) is 1. The molecule has 0 bridgehead atoms. The molecule has 0 aliphatic carbocycles. The van der Waals surface area contributed by atoms with Gasteiger partial charge in [0.2, 0.25) is 5.91 Å². The van der Waals surface area contributed by atoms with Crippen molar-refractivity contribution in [1.82, 2.24) is 0 Å². The van der Waals surface area contributed by atoms with Crippen LogP contribution >= 0.6 is 0 Å². The first kappa shape index (κ1) is 18.0. The minimum atomic E-state index is -0.209. The summed E-state index contributed by atoms with van der Waals surface area (Å²) in [5, 5.41) is 2.86. The molecule has 3 rings (SSSR count). The number of anilines is 2. The number of aryl methyl sites for hydroxylation is 1. The summed E-state index contributed by atoms with van der Waals surface area (Å²) in [7, 11) is 0. The molecule has 0 saturated heterocycles. The molecule has 1 aliphatic heterocycles. The maximum atomic E-state index is 12.2. The van der Waals surface area contributed by atoms with Crippen molar-refractivity contribution < 1.29 is 14.3 Å². The van der Waals surface area contributed by atoms with Crippen molar-refractivity contribution in [1.29, 1.82) is 0 Å². The van der Waals surface area contributed by atoms with Crippen LogP contribution in [0.25, 0.3) is 0 Å². The monoisotopic (exact) mass is 352 g/mol. The molecular formula is C21H24N2O3. The molecule has 1 aliphatic rings. The van der Waals surface area contributed by atoms with Gasteiger partial charge in [0, 0.05) is 24.3 Å². The molecule has 0 radical (unpaired) electrons. The van der Waals surface area contributed by atoms with Gasteiger partial charge in [0.25, 0.3) is 5.91 Å². The van der Waals surface area contributed by atoms with Gasteiger partial charge in [-0.25, -0.2) is 0 Å². The van der Waals surface area contributed by atoms with E-state index in [0.717, 1.165) is 16.9 Å². The third kappa shape index (κ3) is 4.42. The van der Waals surface area contributed by atoms with Crippen LogP contribution < -0.4 is 15.0 Å². The third-order valence-corrected chi connectivity index (χ3v) is 4.22. The standard InChI is InChI=1S/C21H24N2O3/c1-15(2)13-23-19-10-9-17(12-16(19)8-11-21(23)25)22-20(24)14-26-18-6-4-3-5-7-18/h3-7,9-10,12,15H,8,11,13-14H2,1-2H3,(H,22,24). The Labute approximate surface area is 154 Å². The second-order valence-corrected chi connectivity index (χ2v) is 6.89. The fraction of sp³-hybridized carbons (Fsp3) is 0.333. The van der Waals surface area contributed by atoms with Gasteiger partial charge in [-0.2, -0.15) is 0 Å². The number of para-hydroxylation sites is 1. The highest BCUT2D eigenvalue weighted by Crippen LogP contribution is 2.31. The molecule has 2 amide bonds. The molecule has 5 heteroatoms. The van der Waals surface area contributed by atoms with Gasteiger partial charge >= 0.3 is 0 Å². The lowest BCUT2D eigenvalue weighted by Crippen LogP contribution is -2.37. The minimum Gasteiger partial charge on any atom is -0.484 e. The average Bonchev–Trinajstić information content (AvgIpc) is 2.63. The maximum Gasteiger partial charge on any atom is 0.262 e. The van der Waals surface area contributed by atoms with E-state index in [1.165, 1.54) is 0 Å². The zero-order valence-electron chi connectivity index (χ0n) is 15.2. The van der Waals surface area contributed by atoms with Crippen LogP contribution in [0.4, 0.5) is 11.4 Å². The molecule has 26 heavy (non-hydrogen) atoms. The molecule has 1 N–H and O–H groups in total. The van der Waals surface area contributed by atoms with E-state index >= 15 is 0 Å². The Morgan fingerprint density at radius 2 is 1.92 bits per heavy atom. The van der Waals surface area contributed by atoms with Crippen molar-refractivity contribution in [2.45, 2.75) is 26.7 Å². The topological polar surface area (TPSA) is 58.6 Å². The fourth-order valence-corrected chi connectivity index (χ4v) is 3.07. The largest absolute Gasteiger partial charge is 0.484 e. The van der Waals surface area contributed by atoms with Crippen LogP contribution in [-0.2, 0) is 16.0 Å². The van der Waals surface area contributed by atoms with Crippen LogP contribution in [0.1, 0.15) is 25.8 Å². The number of benzene rings is 2. The lowest BCUT2D eigenvalue weighted by molar-refractivity contribution is -0.119. The Morgan fingerprint density at radius 3 is 2.65 bits per heavy atom. The summed E-state index contributed by atoms with van der Waals surface area (Å²) in [6.45, 7) is 4.87. The number of fused-ring (bicyclic) bond motifs is 1. The molecule has 2 aromatic rings. The number of rotatable bonds is 6. The van der Waals surface area contributed by atoms with E-state index in [-0.39, 0.29) is 18.4 Å². The molecule has 1 heterocycles. The Morgan fingerprint density at radius 1 is 1.15 bits per heavy atom. The van der Waals surface area contributed by atoms with Crippen molar-refractivity contribution in [3.05, 3.63) is 54.1 Å². The van der Waals surface area contributed by atoms with Crippen molar-refractivity contribution in [2.24, 2.45) is 5.92 Å². The second-order valence-electron chi connectivity index (χ2n) is 6.89. The number of carbonyl (C=O) groups is 2. The quantitative estimate of drug-likeness (QED) is 0.863. The first-order chi connectivity index (χ1) is 12.5. The Balaban J connectivity index is 1.65. The molecular weight excluding hydrogens is 328 g/mol. The van der Waals surface area contributed by atoms with E-state index in [4.69, 9.17) is 4.74 Å². The normalized spacial score (nSPS) is 13.5. The van der Waals surface area contributed by atoms with Crippen LogP contribution in [0.15, 0.2) is 48.5 Å². The SMILES string of the molecule is CC(C)CN1C(=O)CCc2cc(NC(=O)COc3ccccc3)ccc21. The highest BCUT2D eigenvalue weighted by atomic mass is 16.5. The van der Waals surface area contributed by atoms with E-state index in [0.29, 0.717) is 31.1 Å². The molecule has 0 atom stereocenters. The fourth-order valence-electron chi connectivity index (χ4n) is 3.07. The van der Waals surface area contributed by atoms with Gasteiger partial charge in [0.05, 0.1) is 0 Å². The van der Waals surface area contributed by atoms with Gasteiger partial charge in [0.1, 0.15) is 5.75 Å². The lowest BCUT2D eigenvalue weighted by atomic mass is 9.99. The van der Waals surface area contributed by atoms with Crippen molar-refractivity contribution in [3.63, 3.8) is 0 Å². The summed E-state index contributed by atoms with van der Waals surface area (Å²) >= 11 is 0. The maximum absolute atomic E-state index is 12.2. The summed E-state index contributed by atoms with van der Waals surface area (Å²) in [6.07, 6.45) is 1.21. The number of hydrogen-bond acceptors (Lipinski definition) is 3. The zero-order valence-corrected chi connectivity index (χ0v) is 15.2. The second kappa shape index (κ2) is 8.04. The number of ether oxygens (including phenoxy) is 1. The molecule has 0 spiro atoms. The average molecular weight is 352 g/mol. The van der Waals surface area contributed by atoms with Gasteiger partial charge in [-0.1, -0.05) is 32.0 Å². The van der Waals surface area contributed by atoms with Gasteiger partial charge in [0.15, 0.2) is 6.61 Å². The first-order valence-corrected chi connectivity index (χ1v) is 8.94. The smallest absolute Gasteiger partial charge is 0.262 e. The lowest BCUT2D eigenvalue weighted by Gasteiger charge is -2.31. The summed E-state index contributed by atoms with van der Waals surface area (Å²) in [6, 6.07) is 15.0. The summed E-state index contributed by atoms with van der Waals surface area (Å²) in [4.78, 5) is 26.2. The van der Waals surface area contributed by atoms with Crippen LogP contribution in [0.3, 0.4) is 0 Å². The van der Waals surface area contributed by atoms with E-state index in [1.54, 1.807) is 0 Å². The van der Waals surface area contributed by atoms with Crippen LogP contribution in [0, 0.1) is 5.92 Å². The first-order valence-electron chi connectivity index (χ1n) is 8.94. The Hall–Kier alpha value is -2.82. The summed E-state index contributed by atoms with van der Waals surface area (Å²) < 4.78 is 5.46.